The number of aryl methyl sites for hydroxylation is 2. The molecule has 1 amide bonds. The van der Waals surface area contributed by atoms with Crippen LogP contribution in [0, 0.1) is 13.8 Å². The number of carbonyl (C=O) groups excluding carboxylic acids is 1. The van der Waals surface area contributed by atoms with Crippen LogP contribution < -0.4 is 10.1 Å². The molecule has 2 aromatic heterocycles. The normalized spacial score (nSPS) is 11.0. The Kier molecular flexibility index (Phi) is 4.23. The molecule has 1 aromatic carbocycles. The van der Waals surface area contributed by atoms with Crippen molar-refractivity contribution in [1.82, 2.24) is 14.8 Å². The molecule has 0 atom stereocenters. The number of anilines is 1. The summed E-state index contributed by atoms with van der Waals surface area (Å²) in [6, 6.07) is 5.43. The van der Waals surface area contributed by atoms with Crippen molar-refractivity contribution in [2.24, 2.45) is 0 Å². The first-order chi connectivity index (χ1) is 11.0. The van der Waals surface area contributed by atoms with Gasteiger partial charge in [-0.25, -0.2) is 4.98 Å². The Morgan fingerprint density at radius 2 is 2.22 bits per heavy atom. The van der Waals surface area contributed by atoms with Crippen molar-refractivity contribution in [3.05, 3.63) is 34.6 Å². The van der Waals surface area contributed by atoms with Gasteiger partial charge < -0.3 is 10.1 Å². The zero-order valence-electron chi connectivity index (χ0n) is 12.9. The van der Waals surface area contributed by atoms with E-state index in [1.807, 2.05) is 19.9 Å². The van der Waals surface area contributed by atoms with Crippen LogP contribution in [0.25, 0.3) is 10.2 Å². The highest BCUT2D eigenvalue weighted by Gasteiger charge is 2.14. The molecule has 0 fully saturated rings. The van der Waals surface area contributed by atoms with Crippen LogP contribution in [0.2, 0.25) is 5.02 Å². The minimum Gasteiger partial charge on any atom is -0.494 e. The fraction of sp³-hybridized carbons (Fsp3) is 0.267. The molecular weight excluding hydrogens is 336 g/mol. The molecule has 0 aliphatic heterocycles. The lowest BCUT2D eigenvalue weighted by atomic mass is 10.3. The third kappa shape index (κ3) is 3.16. The van der Waals surface area contributed by atoms with Gasteiger partial charge in [-0.1, -0.05) is 22.9 Å². The third-order valence-corrected chi connectivity index (χ3v) is 4.75. The summed E-state index contributed by atoms with van der Waals surface area (Å²) in [5, 5.41) is 8.13. The Labute approximate surface area is 142 Å². The molecule has 6 nitrogen and oxygen atoms in total. The molecule has 120 valence electrons. The number of nitrogens with zero attached hydrogens (tertiary/aromatic N) is 3. The van der Waals surface area contributed by atoms with Gasteiger partial charge in [0.05, 0.1) is 22.5 Å². The number of benzene rings is 1. The minimum atomic E-state index is -0.189. The molecule has 0 unspecified atom stereocenters. The van der Waals surface area contributed by atoms with E-state index in [4.69, 9.17) is 16.3 Å². The number of thiazole rings is 1. The fourth-order valence-corrected chi connectivity index (χ4v) is 3.47. The first-order valence-corrected chi connectivity index (χ1v) is 8.11. The lowest BCUT2D eigenvalue weighted by molar-refractivity contribution is -0.116. The monoisotopic (exact) mass is 350 g/mol. The second-order valence-corrected chi connectivity index (χ2v) is 6.49. The predicted molar refractivity (Wildman–Crippen MR) is 91.5 cm³/mol. The van der Waals surface area contributed by atoms with Gasteiger partial charge in [0.1, 0.15) is 17.8 Å². The Morgan fingerprint density at radius 3 is 2.87 bits per heavy atom. The van der Waals surface area contributed by atoms with Crippen molar-refractivity contribution in [3.8, 4) is 5.75 Å². The summed E-state index contributed by atoms with van der Waals surface area (Å²) < 4.78 is 7.72. The van der Waals surface area contributed by atoms with Crippen LogP contribution in [-0.4, -0.2) is 27.8 Å². The van der Waals surface area contributed by atoms with Crippen molar-refractivity contribution in [2.75, 3.05) is 12.4 Å². The van der Waals surface area contributed by atoms with Gasteiger partial charge in [0, 0.05) is 5.69 Å². The SMILES string of the molecule is COc1ccc(Cl)c2sc(NC(=O)Cn3nc(C)cc3C)nc12. The summed E-state index contributed by atoms with van der Waals surface area (Å²) in [5.74, 6) is 0.435. The Bertz CT molecular complexity index is 887. The molecule has 2 heterocycles. The largest absolute Gasteiger partial charge is 0.494 e. The lowest BCUT2D eigenvalue weighted by Gasteiger charge is -2.03. The summed E-state index contributed by atoms with van der Waals surface area (Å²) >= 11 is 7.49. The van der Waals surface area contributed by atoms with Crippen LogP contribution in [0.1, 0.15) is 11.4 Å². The van der Waals surface area contributed by atoms with Gasteiger partial charge in [0.2, 0.25) is 5.91 Å². The first kappa shape index (κ1) is 15.8. The molecular formula is C15H15ClN4O2S. The maximum atomic E-state index is 12.2. The standard InChI is InChI=1S/C15H15ClN4O2S/c1-8-6-9(2)20(19-8)7-12(21)17-15-18-13-11(22-3)5-4-10(16)14(13)23-15/h4-6H,7H2,1-3H3,(H,17,18,21). The number of fused-ring (bicyclic) bond motifs is 1. The number of carbonyl (C=O) groups is 1. The molecule has 1 N–H and O–H groups in total. The topological polar surface area (TPSA) is 69.0 Å². The Morgan fingerprint density at radius 1 is 1.43 bits per heavy atom. The zero-order valence-corrected chi connectivity index (χ0v) is 14.5. The summed E-state index contributed by atoms with van der Waals surface area (Å²) in [4.78, 5) is 16.6. The van der Waals surface area contributed by atoms with E-state index in [9.17, 15) is 4.79 Å². The number of rotatable bonds is 4. The quantitative estimate of drug-likeness (QED) is 0.782. The van der Waals surface area contributed by atoms with E-state index in [0.29, 0.717) is 21.4 Å². The van der Waals surface area contributed by atoms with Gasteiger partial charge in [-0.15, -0.1) is 0 Å². The summed E-state index contributed by atoms with van der Waals surface area (Å²) in [7, 11) is 1.57. The summed E-state index contributed by atoms with van der Waals surface area (Å²) in [6.07, 6.45) is 0. The highest BCUT2D eigenvalue weighted by Crippen LogP contribution is 2.37. The second-order valence-electron chi connectivity index (χ2n) is 5.08. The maximum Gasteiger partial charge on any atom is 0.247 e. The highest BCUT2D eigenvalue weighted by molar-refractivity contribution is 7.23. The summed E-state index contributed by atoms with van der Waals surface area (Å²) in [5.41, 5.74) is 2.46. The number of hydrogen-bond donors (Lipinski definition) is 1. The van der Waals surface area contributed by atoms with Crippen LogP contribution in [0.3, 0.4) is 0 Å². The molecule has 23 heavy (non-hydrogen) atoms. The van der Waals surface area contributed by atoms with Crippen molar-refractivity contribution >= 4 is 44.2 Å². The van der Waals surface area contributed by atoms with Crippen molar-refractivity contribution < 1.29 is 9.53 Å². The number of methoxy groups -OCH3 is 1. The van der Waals surface area contributed by atoms with Crippen LogP contribution in [0.4, 0.5) is 5.13 Å². The van der Waals surface area contributed by atoms with Crippen LogP contribution in [-0.2, 0) is 11.3 Å². The number of ether oxygens (including phenoxy) is 1. The zero-order chi connectivity index (χ0) is 16.6. The molecule has 3 rings (SSSR count). The van der Waals surface area contributed by atoms with Crippen molar-refractivity contribution in [3.63, 3.8) is 0 Å². The molecule has 0 bridgehead atoms. The van der Waals surface area contributed by atoms with Crippen LogP contribution >= 0.6 is 22.9 Å². The third-order valence-electron chi connectivity index (χ3n) is 3.32. The van der Waals surface area contributed by atoms with Gasteiger partial charge in [-0.05, 0) is 32.0 Å². The van der Waals surface area contributed by atoms with E-state index in [-0.39, 0.29) is 12.5 Å². The van der Waals surface area contributed by atoms with E-state index < -0.39 is 0 Å². The van der Waals surface area contributed by atoms with Crippen LogP contribution in [0.5, 0.6) is 5.75 Å². The number of halogens is 1. The smallest absolute Gasteiger partial charge is 0.247 e. The molecule has 0 saturated heterocycles. The van der Waals surface area contributed by atoms with Crippen molar-refractivity contribution in [2.45, 2.75) is 20.4 Å². The number of aromatic nitrogens is 3. The number of nitrogens with one attached hydrogen (secondary N) is 1. The lowest BCUT2D eigenvalue weighted by Crippen LogP contribution is -2.20. The molecule has 3 aromatic rings. The predicted octanol–water partition coefficient (Wildman–Crippen LogP) is 3.41. The van der Waals surface area contributed by atoms with Gasteiger partial charge in [-0.3, -0.25) is 9.48 Å². The number of amides is 1. The highest BCUT2D eigenvalue weighted by atomic mass is 35.5. The molecule has 0 saturated carbocycles. The minimum absolute atomic E-state index is 0.139. The average molecular weight is 351 g/mol. The Balaban J connectivity index is 1.82. The summed E-state index contributed by atoms with van der Waals surface area (Å²) in [6.45, 7) is 3.94. The second kappa shape index (κ2) is 6.17. The first-order valence-electron chi connectivity index (χ1n) is 6.92. The van der Waals surface area contributed by atoms with Gasteiger partial charge >= 0.3 is 0 Å². The van der Waals surface area contributed by atoms with Gasteiger partial charge in [-0.2, -0.15) is 5.10 Å². The van der Waals surface area contributed by atoms with E-state index in [1.54, 1.807) is 23.9 Å². The van der Waals surface area contributed by atoms with E-state index in [0.717, 1.165) is 16.1 Å². The van der Waals surface area contributed by atoms with E-state index >= 15 is 0 Å². The van der Waals surface area contributed by atoms with Crippen molar-refractivity contribution in [1.29, 1.82) is 0 Å². The molecule has 0 aliphatic rings. The molecule has 0 aliphatic carbocycles. The van der Waals surface area contributed by atoms with Crippen LogP contribution in [0.15, 0.2) is 18.2 Å². The van der Waals surface area contributed by atoms with E-state index in [2.05, 4.69) is 15.4 Å². The number of hydrogen-bond acceptors (Lipinski definition) is 5. The average Bonchev–Trinajstić information content (AvgIpc) is 3.03. The van der Waals surface area contributed by atoms with Gasteiger partial charge in [0.25, 0.3) is 0 Å². The van der Waals surface area contributed by atoms with Gasteiger partial charge in [0.15, 0.2) is 5.13 Å². The Hall–Kier alpha value is -2.12. The fourth-order valence-electron chi connectivity index (χ4n) is 2.30. The van der Waals surface area contributed by atoms with E-state index in [1.165, 1.54) is 11.3 Å². The molecule has 0 spiro atoms. The molecule has 0 radical (unpaired) electrons. The maximum absolute atomic E-state index is 12.2. The molecule has 8 heteroatoms.